The Bertz CT molecular complexity index is 340. The molecule has 0 radical (unpaired) electrons. The minimum atomic E-state index is -0.412. The van der Waals surface area contributed by atoms with E-state index in [-0.39, 0.29) is 23.7 Å². The van der Waals surface area contributed by atoms with E-state index in [0.29, 0.717) is 6.54 Å². The van der Waals surface area contributed by atoms with Gasteiger partial charge < -0.3 is 16.0 Å². The van der Waals surface area contributed by atoms with Gasteiger partial charge in [0.05, 0.1) is 0 Å². The van der Waals surface area contributed by atoms with Gasteiger partial charge in [0.25, 0.3) is 0 Å². The van der Waals surface area contributed by atoms with Gasteiger partial charge in [-0.15, -0.1) is 0 Å². The minimum absolute atomic E-state index is 0.00109. The maximum atomic E-state index is 12.2. The molecule has 1 saturated heterocycles. The van der Waals surface area contributed by atoms with Crippen LogP contribution in [0.5, 0.6) is 0 Å². The SMILES string of the molecule is CC(NC(=O)C1CCCC1CN)C(=O)N1CCCC1. The molecular formula is C14H25N3O2. The van der Waals surface area contributed by atoms with Crippen LogP contribution in [0.2, 0.25) is 0 Å². The molecule has 5 heteroatoms. The maximum absolute atomic E-state index is 12.2. The van der Waals surface area contributed by atoms with Crippen molar-refractivity contribution in [2.24, 2.45) is 17.6 Å². The molecule has 0 aromatic rings. The van der Waals surface area contributed by atoms with Crippen molar-refractivity contribution in [3.63, 3.8) is 0 Å². The third kappa shape index (κ3) is 3.26. The Kier molecular flexibility index (Phi) is 4.80. The van der Waals surface area contributed by atoms with Crippen molar-refractivity contribution >= 4 is 11.8 Å². The lowest BCUT2D eigenvalue weighted by atomic mass is 9.95. The molecule has 0 bridgehead atoms. The molecule has 19 heavy (non-hydrogen) atoms. The summed E-state index contributed by atoms with van der Waals surface area (Å²) in [6.07, 6.45) is 5.14. The average Bonchev–Trinajstić information content (AvgIpc) is 3.08. The van der Waals surface area contributed by atoms with Crippen LogP contribution in [0.15, 0.2) is 0 Å². The van der Waals surface area contributed by atoms with Crippen LogP contribution in [-0.2, 0) is 9.59 Å². The maximum Gasteiger partial charge on any atom is 0.244 e. The molecule has 3 atom stereocenters. The molecule has 1 aliphatic heterocycles. The summed E-state index contributed by atoms with van der Waals surface area (Å²) in [4.78, 5) is 26.2. The fraction of sp³-hybridized carbons (Fsp3) is 0.857. The highest BCUT2D eigenvalue weighted by Gasteiger charge is 2.34. The van der Waals surface area contributed by atoms with Crippen molar-refractivity contribution in [3.8, 4) is 0 Å². The number of carbonyl (C=O) groups excluding carboxylic acids is 2. The van der Waals surface area contributed by atoms with Gasteiger partial charge in [-0.05, 0) is 45.1 Å². The standard InChI is InChI=1S/C14H25N3O2/c1-10(14(19)17-7-2-3-8-17)16-13(18)12-6-4-5-11(12)9-15/h10-12H,2-9,15H2,1H3,(H,16,18). The fourth-order valence-electron chi connectivity index (χ4n) is 3.26. The van der Waals surface area contributed by atoms with E-state index >= 15 is 0 Å². The second-order valence-corrected chi connectivity index (χ2v) is 5.80. The molecule has 2 fully saturated rings. The zero-order valence-corrected chi connectivity index (χ0v) is 11.7. The summed E-state index contributed by atoms with van der Waals surface area (Å²) < 4.78 is 0. The molecule has 1 aliphatic carbocycles. The van der Waals surface area contributed by atoms with E-state index in [0.717, 1.165) is 45.2 Å². The molecule has 0 aromatic heterocycles. The Morgan fingerprint density at radius 2 is 1.95 bits per heavy atom. The molecule has 3 N–H and O–H groups in total. The number of nitrogens with one attached hydrogen (secondary N) is 1. The number of nitrogens with zero attached hydrogens (tertiary/aromatic N) is 1. The highest BCUT2D eigenvalue weighted by molar-refractivity contribution is 5.88. The van der Waals surface area contributed by atoms with Gasteiger partial charge in [0.1, 0.15) is 6.04 Å². The summed E-state index contributed by atoms with van der Waals surface area (Å²) in [6, 6.07) is -0.412. The van der Waals surface area contributed by atoms with E-state index in [1.165, 1.54) is 0 Å². The molecule has 2 rings (SSSR count). The van der Waals surface area contributed by atoms with E-state index in [1.807, 2.05) is 4.90 Å². The van der Waals surface area contributed by atoms with E-state index in [2.05, 4.69) is 5.32 Å². The van der Waals surface area contributed by atoms with Crippen molar-refractivity contribution in [1.29, 1.82) is 0 Å². The van der Waals surface area contributed by atoms with Crippen molar-refractivity contribution < 1.29 is 9.59 Å². The number of hydrogen-bond donors (Lipinski definition) is 2. The summed E-state index contributed by atoms with van der Waals surface area (Å²) in [5.74, 6) is 0.342. The molecule has 1 saturated carbocycles. The Morgan fingerprint density at radius 1 is 1.26 bits per heavy atom. The first-order chi connectivity index (χ1) is 9.13. The molecule has 2 amide bonds. The van der Waals surface area contributed by atoms with E-state index in [9.17, 15) is 9.59 Å². The lowest BCUT2D eigenvalue weighted by Crippen LogP contribution is -2.48. The lowest BCUT2D eigenvalue weighted by molar-refractivity contribution is -0.136. The van der Waals surface area contributed by atoms with Gasteiger partial charge in [0, 0.05) is 19.0 Å². The largest absolute Gasteiger partial charge is 0.344 e. The fourth-order valence-corrected chi connectivity index (χ4v) is 3.26. The van der Waals surface area contributed by atoms with Crippen molar-refractivity contribution in [2.75, 3.05) is 19.6 Å². The highest BCUT2D eigenvalue weighted by Crippen LogP contribution is 2.31. The summed E-state index contributed by atoms with van der Waals surface area (Å²) in [6.45, 7) is 4.00. The summed E-state index contributed by atoms with van der Waals surface area (Å²) in [5, 5.41) is 2.88. The molecule has 2 aliphatic rings. The molecule has 3 unspecified atom stereocenters. The van der Waals surface area contributed by atoms with Crippen LogP contribution in [0.4, 0.5) is 0 Å². The van der Waals surface area contributed by atoms with Gasteiger partial charge in [0.2, 0.25) is 11.8 Å². The van der Waals surface area contributed by atoms with Crippen LogP contribution in [0, 0.1) is 11.8 Å². The average molecular weight is 267 g/mol. The number of rotatable bonds is 4. The van der Waals surface area contributed by atoms with Crippen LogP contribution in [0.25, 0.3) is 0 Å². The third-order valence-corrected chi connectivity index (χ3v) is 4.45. The molecule has 0 aromatic carbocycles. The van der Waals surface area contributed by atoms with Crippen molar-refractivity contribution in [1.82, 2.24) is 10.2 Å². The second kappa shape index (κ2) is 6.37. The van der Waals surface area contributed by atoms with Gasteiger partial charge in [-0.3, -0.25) is 9.59 Å². The van der Waals surface area contributed by atoms with Gasteiger partial charge in [-0.25, -0.2) is 0 Å². The Hall–Kier alpha value is -1.10. The van der Waals surface area contributed by atoms with Crippen molar-refractivity contribution in [2.45, 2.75) is 45.1 Å². The monoisotopic (exact) mass is 267 g/mol. The third-order valence-electron chi connectivity index (χ3n) is 4.45. The number of nitrogens with two attached hydrogens (primary N) is 1. The predicted molar refractivity (Wildman–Crippen MR) is 73.3 cm³/mol. The number of amides is 2. The Morgan fingerprint density at radius 3 is 2.58 bits per heavy atom. The summed E-state index contributed by atoms with van der Waals surface area (Å²) in [5.41, 5.74) is 5.70. The summed E-state index contributed by atoms with van der Waals surface area (Å²) in [7, 11) is 0. The quantitative estimate of drug-likeness (QED) is 0.778. The molecule has 5 nitrogen and oxygen atoms in total. The van der Waals surface area contributed by atoms with Crippen LogP contribution in [0.1, 0.15) is 39.0 Å². The first-order valence-corrected chi connectivity index (χ1v) is 7.42. The predicted octanol–water partition coefficient (Wildman–Crippen LogP) is 0.489. The van der Waals surface area contributed by atoms with E-state index in [4.69, 9.17) is 5.73 Å². The van der Waals surface area contributed by atoms with E-state index in [1.54, 1.807) is 6.92 Å². The number of hydrogen-bond acceptors (Lipinski definition) is 3. The normalized spacial score (nSPS) is 28.4. The Balaban J connectivity index is 1.85. The molecule has 1 heterocycles. The highest BCUT2D eigenvalue weighted by atomic mass is 16.2. The lowest BCUT2D eigenvalue weighted by Gasteiger charge is -2.24. The Labute approximate surface area is 114 Å². The smallest absolute Gasteiger partial charge is 0.244 e. The van der Waals surface area contributed by atoms with E-state index < -0.39 is 6.04 Å². The van der Waals surface area contributed by atoms with Gasteiger partial charge in [0.15, 0.2) is 0 Å². The first-order valence-electron chi connectivity index (χ1n) is 7.42. The topological polar surface area (TPSA) is 75.4 Å². The molecular weight excluding hydrogens is 242 g/mol. The van der Waals surface area contributed by atoms with Crippen LogP contribution < -0.4 is 11.1 Å². The first kappa shape index (κ1) is 14.3. The van der Waals surface area contributed by atoms with Crippen LogP contribution >= 0.6 is 0 Å². The van der Waals surface area contributed by atoms with Gasteiger partial charge in [-0.2, -0.15) is 0 Å². The minimum Gasteiger partial charge on any atom is -0.344 e. The zero-order chi connectivity index (χ0) is 13.8. The number of likely N-dealkylation sites (tertiary alicyclic amines) is 1. The van der Waals surface area contributed by atoms with Crippen LogP contribution in [-0.4, -0.2) is 42.4 Å². The molecule has 108 valence electrons. The van der Waals surface area contributed by atoms with Crippen LogP contribution in [0.3, 0.4) is 0 Å². The molecule has 0 spiro atoms. The van der Waals surface area contributed by atoms with Crippen molar-refractivity contribution in [3.05, 3.63) is 0 Å². The van der Waals surface area contributed by atoms with Gasteiger partial charge in [-0.1, -0.05) is 6.42 Å². The number of carbonyl (C=O) groups is 2. The zero-order valence-electron chi connectivity index (χ0n) is 11.7. The van der Waals surface area contributed by atoms with Gasteiger partial charge >= 0.3 is 0 Å². The summed E-state index contributed by atoms with van der Waals surface area (Å²) >= 11 is 0. The second-order valence-electron chi connectivity index (χ2n) is 5.80.